The van der Waals surface area contributed by atoms with E-state index in [1.54, 1.807) is 0 Å². The normalized spacial score (nSPS) is 15.7. The Balaban J connectivity index is 2.44. The Kier molecular flexibility index (Phi) is 2.51. The molecule has 1 aliphatic carbocycles. The highest BCUT2D eigenvalue weighted by Crippen LogP contribution is 2.42. The van der Waals surface area contributed by atoms with E-state index in [2.05, 4.69) is 19.9 Å². The summed E-state index contributed by atoms with van der Waals surface area (Å²) >= 11 is 0. The molecule has 1 aliphatic rings. The third kappa shape index (κ3) is 2.04. The summed E-state index contributed by atoms with van der Waals surface area (Å²) in [5, 5.41) is 9.15. The largest absolute Gasteiger partial charge is 0.478 e. The maximum Gasteiger partial charge on any atom is 0.335 e. The van der Waals surface area contributed by atoms with E-state index in [4.69, 9.17) is 5.11 Å². The molecule has 1 saturated carbocycles. The van der Waals surface area contributed by atoms with Crippen LogP contribution in [-0.4, -0.2) is 11.1 Å². The average molecular weight is 204 g/mol. The maximum absolute atomic E-state index is 11.1. The van der Waals surface area contributed by atoms with E-state index in [9.17, 15) is 4.79 Å². The van der Waals surface area contributed by atoms with Crippen LogP contribution >= 0.6 is 0 Å². The fourth-order valence-electron chi connectivity index (χ4n) is 1.87. The van der Waals surface area contributed by atoms with Gasteiger partial charge in [0.05, 0.1) is 5.56 Å². The Bertz CT molecular complexity index is 390. The van der Waals surface area contributed by atoms with Crippen molar-refractivity contribution in [3.8, 4) is 0 Å². The van der Waals surface area contributed by atoms with Gasteiger partial charge in [-0.15, -0.1) is 0 Å². The minimum Gasteiger partial charge on any atom is -0.478 e. The summed E-state index contributed by atoms with van der Waals surface area (Å²) in [4.78, 5) is 11.1. The SMILES string of the molecule is CC(C)c1ccc(C2CC2)c(C(=O)O)c1. The van der Waals surface area contributed by atoms with Gasteiger partial charge in [0.1, 0.15) is 0 Å². The number of hydrogen-bond donors (Lipinski definition) is 1. The summed E-state index contributed by atoms with van der Waals surface area (Å²) in [5.41, 5.74) is 2.63. The number of aromatic carboxylic acids is 1. The first-order chi connectivity index (χ1) is 7.09. The van der Waals surface area contributed by atoms with Crippen LogP contribution in [-0.2, 0) is 0 Å². The molecule has 0 atom stereocenters. The van der Waals surface area contributed by atoms with Crippen LogP contribution in [0.15, 0.2) is 18.2 Å². The van der Waals surface area contributed by atoms with Gasteiger partial charge in [-0.1, -0.05) is 26.0 Å². The van der Waals surface area contributed by atoms with Gasteiger partial charge in [0.2, 0.25) is 0 Å². The van der Waals surface area contributed by atoms with E-state index in [0.717, 1.165) is 24.0 Å². The zero-order valence-electron chi connectivity index (χ0n) is 9.16. The van der Waals surface area contributed by atoms with Crippen molar-refractivity contribution in [2.24, 2.45) is 0 Å². The van der Waals surface area contributed by atoms with E-state index in [0.29, 0.717) is 17.4 Å². The molecule has 80 valence electrons. The fraction of sp³-hybridized carbons (Fsp3) is 0.462. The highest BCUT2D eigenvalue weighted by molar-refractivity contribution is 5.90. The Hall–Kier alpha value is -1.31. The van der Waals surface area contributed by atoms with Gasteiger partial charge in [0, 0.05) is 0 Å². The lowest BCUT2D eigenvalue weighted by Gasteiger charge is -2.10. The van der Waals surface area contributed by atoms with Crippen molar-refractivity contribution in [2.75, 3.05) is 0 Å². The van der Waals surface area contributed by atoms with Crippen LogP contribution in [0.3, 0.4) is 0 Å². The smallest absolute Gasteiger partial charge is 0.335 e. The Morgan fingerprint density at radius 3 is 2.53 bits per heavy atom. The molecule has 2 heteroatoms. The van der Waals surface area contributed by atoms with E-state index in [1.165, 1.54) is 0 Å². The molecular weight excluding hydrogens is 188 g/mol. The van der Waals surface area contributed by atoms with Gasteiger partial charge >= 0.3 is 5.97 Å². The van der Waals surface area contributed by atoms with Crippen LogP contribution in [0.1, 0.15) is 60.0 Å². The molecule has 0 radical (unpaired) electrons. The summed E-state index contributed by atoms with van der Waals surface area (Å²) < 4.78 is 0. The monoisotopic (exact) mass is 204 g/mol. The van der Waals surface area contributed by atoms with Gasteiger partial charge in [-0.2, -0.15) is 0 Å². The molecule has 0 amide bonds. The lowest BCUT2D eigenvalue weighted by atomic mass is 9.95. The van der Waals surface area contributed by atoms with Crippen LogP contribution in [0.5, 0.6) is 0 Å². The molecule has 0 aliphatic heterocycles. The van der Waals surface area contributed by atoms with Crippen molar-refractivity contribution in [3.63, 3.8) is 0 Å². The van der Waals surface area contributed by atoms with Gasteiger partial charge in [0.15, 0.2) is 0 Å². The van der Waals surface area contributed by atoms with Crippen LogP contribution < -0.4 is 0 Å². The lowest BCUT2D eigenvalue weighted by molar-refractivity contribution is 0.0695. The molecule has 0 aromatic heterocycles. The fourth-order valence-corrected chi connectivity index (χ4v) is 1.87. The molecule has 0 heterocycles. The van der Waals surface area contributed by atoms with Gasteiger partial charge in [-0.3, -0.25) is 0 Å². The molecule has 0 saturated heterocycles. The summed E-state index contributed by atoms with van der Waals surface area (Å²) in [6, 6.07) is 5.89. The first-order valence-electron chi connectivity index (χ1n) is 5.46. The van der Waals surface area contributed by atoms with Crippen LogP contribution in [0.4, 0.5) is 0 Å². The van der Waals surface area contributed by atoms with Gasteiger partial charge in [-0.05, 0) is 41.9 Å². The second-order valence-electron chi connectivity index (χ2n) is 4.58. The zero-order valence-corrected chi connectivity index (χ0v) is 9.16. The average Bonchev–Trinajstić information content (AvgIpc) is 2.99. The molecule has 0 bridgehead atoms. The standard InChI is InChI=1S/C13H16O2/c1-8(2)10-5-6-11(9-3-4-9)12(7-10)13(14)15/h5-9H,3-4H2,1-2H3,(H,14,15). The third-order valence-electron chi connectivity index (χ3n) is 2.99. The van der Waals surface area contributed by atoms with Crippen molar-refractivity contribution in [1.82, 2.24) is 0 Å². The molecule has 0 unspecified atom stereocenters. The van der Waals surface area contributed by atoms with Gasteiger partial charge in [-0.25, -0.2) is 4.79 Å². The molecule has 2 rings (SSSR count). The van der Waals surface area contributed by atoms with E-state index in [1.807, 2.05) is 12.1 Å². The summed E-state index contributed by atoms with van der Waals surface area (Å²) in [6.45, 7) is 4.16. The molecule has 1 N–H and O–H groups in total. The Labute approximate surface area is 89.9 Å². The molecule has 1 aromatic rings. The van der Waals surface area contributed by atoms with E-state index < -0.39 is 5.97 Å². The number of carboxylic acids is 1. The molecular formula is C13H16O2. The van der Waals surface area contributed by atoms with Crippen LogP contribution in [0.25, 0.3) is 0 Å². The van der Waals surface area contributed by atoms with Crippen molar-refractivity contribution < 1.29 is 9.90 Å². The number of rotatable bonds is 3. The number of benzene rings is 1. The first-order valence-corrected chi connectivity index (χ1v) is 5.46. The predicted molar refractivity (Wildman–Crippen MR) is 59.5 cm³/mol. The minimum atomic E-state index is -0.792. The third-order valence-corrected chi connectivity index (χ3v) is 2.99. The minimum absolute atomic E-state index is 0.386. The first kappa shape index (κ1) is 10.2. The van der Waals surface area contributed by atoms with Crippen molar-refractivity contribution in [2.45, 2.75) is 38.5 Å². The van der Waals surface area contributed by atoms with E-state index >= 15 is 0 Å². The van der Waals surface area contributed by atoms with Crippen LogP contribution in [0.2, 0.25) is 0 Å². The van der Waals surface area contributed by atoms with Crippen LogP contribution in [0, 0.1) is 0 Å². The highest BCUT2D eigenvalue weighted by atomic mass is 16.4. The van der Waals surface area contributed by atoms with Gasteiger partial charge in [0.25, 0.3) is 0 Å². The van der Waals surface area contributed by atoms with E-state index in [-0.39, 0.29) is 0 Å². The Morgan fingerprint density at radius 1 is 1.40 bits per heavy atom. The number of carbonyl (C=O) groups is 1. The highest BCUT2D eigenvalue weighted by Gasteiger charge is 2.28. The number of hydrogen-bond acceptors (Lipinski definition) is 1. The zero-order chi connectivity index (χ0) is 11.0. The second-order valence-corrected chi connectivity index (χ2v) is 4.58. The predicted octanol–water partition coefficient (Wildman–Crippen LogP) is 3.39. The second kappa shape index (κ2) is 3.69. The quantitative estimate of drug-likeness (QED) is 0.819. The number of carboxylic acid groups (broad SMARTS) is 1. The summed E-state index contributed by atoms with van der Waals surface area (Å²) in [7, 11) is 0. The summed E-state index contributed by atoms with van der Waals surface area (Å²) in [5.74, 6) is 0.0908. The van der Waals surface area contributed by atoms with Crippen molar-refractivity contribution in [1.29, 1.82) is 0 Å². The van der Waals surface area contributed by atoms with Gasteiger partial charge < -0.3 is 5.11 Å². The lowest BCUT2D eigenvalue weighted by Crippen LogP contribution is -2.03. The van der Waals surface area contributed by atoms with Crippen molar-refractivity contribution in [3.05, 3.63) is 34.9 Å². The molecule has 15 heavy (non-hydrogen) atoms. The maximum atomic E-state index is 11.1. The topological polar surface area (TPSA) is 37.3 Å². The van der Waals surface area contributed by atoms with Crippen molar-refractivity contribution >= 4 is 5.97 Å². The molecule has 2 nitrogen and oxygen atoms in total. The molecule has 1 aromatic carbocycles. The molecule has 0 spiro atoms. The Morgan fingerprint density at radius 2 is 2.07 bits per heavy atom. The molecule has 1 fully saturated rings. The summed E-state index contributed by atoms with van der Waals surface area (Å²) in [6.07, 6.45) is 2.28.